The lowest BCUT2D eigenvalue weighted by molar-refractivity contribution is -0.114. The molecule has 2 N–H and O–H groups in total. The maximum atomic E-state index is 13.1. The number of benzene rings is 2. The van der Waals surface area contributed by atoms with Crippen LogP contribution >= 0.6 is 0 Å². The number of carbonyl (C=O) groups excluding carboxylic acids is 2. The van der Waals surface area contributed by atoms with Crippen molar-refractivity contribution in [3.8, 4) is 5.75 Å². The summed E-state index contributed by atoms with van der Waals surface area (Å²) < 4.78 is 33.0. The Morgan fingerprint density at radius 1 is 0.969 bits per heavy atom. The number of rotatable bonds is 7. The fourth-order valence-corrected chi connectivity index (χ4v) is 5.15. The molecule has 2 amide bonds. The van der Waals surface area contributed by atoms with Gasteiger partial charge in [0.05, 0.1) is 7.11 Å². The van der Waals surface area contributed by atoms with Crippen LogP contribution in [0.4, 0.5) is 11.4 Å². The second-order valence-electron chi connectivity index (χ2n) is 7.46. The van der Waals surface area contributed by atoms with Crippen LogP contribution in [-0.4, -0.2) is 44.7 Å². The highest BCUT2D eigenvalue weighted by atomic mass is 32.2. The third-order valence-corrected chi connectivity index (χ3v) is 6.94. The quantitative estimate of drug-likeness (QED) is 0.620. The number of sulfonamides is 1. The molecule has 8 nitrogen and oxygen atoms in total. The van der Waals surface area contributed by atoms with Crippen LogP contribution in [0.5, 0.6) is 5.75 Å². The van der Waals surface area contributed by atoms with Gasteiger partial charge in [-0.1, -0.05) is 12.5 Å². The molecule has 0 aliphatic carbocycles. The van der Waals surface area contributed by atoms with Crippen molar-refractivity contribution >= 4 is 39.3 Å². The normalized spacial score (nSPS) is 14.8. The predicted molar refractivity (Wildman–Crippen MR) is 124 cm³/mol. The highest BCUT2D eigenvalue weighted by Crippen LogP contribution is 2.30. The molecule has 0 saturated carbocycles. The van der Waals surface area contributed by atoms with E-state index in [9.17, 15) is 18.0 Å². The van der Waals surface area contributed by atoms with Crippen molar-refractivity contribution in [3.05, 3.63) is 54.1 Å². The first-order chi connectivity index (χ1) is 15.3. The largest absolute Gasteiger partial charge is 0.495 e. The summed E-state index contributed by atoms with van der Waals surface area (Å²) in [6.45, 7) is 2.41. The van der Waals surface area contributed by atoms with E-state index in [-0.39, 0.29) is 22.5 Å². The molecule has 1 saturated heterocycles. The Morgan fingerprint density at radius 3 is 2.19 bits per heavy atom. The van der Waals surface area contributed by atoms with E-state index >= 15 is 0 Å². The van der Waals surface area contributed by atoms with Gasteiger partial charge in [0.1, 0.15) is 10.6 Å². The fraction of sp³-hybridized carbons (Fsp3) is 0.304. The lowest BCUT2D eigenvalue weighted by atomic mass is 10.2. The zero-order chi connectivity index (χ0) is 23.1. The molecule has 2 aromatic rings. The second kappa shape index (κ2) is 10.4. The van der Waals surface area contributed by atoms with Crippen molar-refractivity contribution in [3.63, 3.8) is 0 Å². The van der Waals surface area contributed by atoms with Gasteiger partial charge in [-0.05, 0) is 60.9 Å². The average molecular weight is 458 g/mol. The molecule has 0 bridgehead atoms. The number of amides is 2. The van der Waals surface area contributed by atoms with E-state index in [2.05, 4.69) is 10.6 Å². The topological polar surface area (TPSA) is 105 Å². The zero-order valence-corrected chi connectivity index (χ0v) is 18.9. The van der Waals surface area contributed by atoms with Crippen LogP contribution in [0.3, 0.4) is 0 Å². The SMILES string of the molecule is COc1ccc(/C=C/C(=O)Nc2ccc(NC(C)=O)cc2)cc1S(=O)(=O)N1CCCCC1. The number of piperidine rings is 1. The smallest absolute Gasteiger partial charge is 0.248 e. The van der Waals surface area contributed by atoms with Gasteiger partial charge in [-0.25, -0.2) is 8.42 Å². The predicted octanol–water partition coefficient (Wildman–Crippen LogP) is 3.48. The summed E-state index contributed by atoms with van der Waals surface area (Å²) >= 11 is 0. The van der Waals surface area contributed by atoms with E-state index < -0.39 is 10.0 Å². The van der Waals surface area contributed by atoms with Gasteiger partial charge in [0.25, 0.3) is 0 Å². The Kier molecular flexibility index (Phi) is 7.66. The van der Waals surface area contributed by atoms with E-state index in [1.165, 1.54) is 30.5 Å². The highest BCUT2D eigenvalue weighted by Gasteiger charge is 2.29. The molecule has 0 spiro atoms. The number of carbonyl (C=O) groups is 2. The molecule has 32 heavy (non-hydrogen) atoms. The third-order valence-electron chi connectivity index (χ3n) is 5.02. The highest BCUT2D eigenvalue weighted by molar-refractivity contribution is 7.89. The van der Waals surface area contributed by atoms with Crippen LogP contribution in [0.2, 0.25) is 0 Å². The van der Waals surface area contributed by atoms with E-state index in [4.69, 9.17) is 4.74 Å². The van der Waals surface area contributed by atoms with Crippen molar-refractivity contribution < 1.29 is 22.7 Å². The molecule has 0 unspecified atom stereocenters. The van der Waals surface area contributed by atoms with Crippen LogP contribution in [-0.2, 0) is 19.6 Å². The summed E-state index contributed by atoms with van der Waals surface area (Å²) in [4.78, 5) is 23.5. The average Bonchev–Trinajstić information content (AvgIpc) is 2.79. The number of nitrogens with one attached hydrogen (secondary N) is 2. The van der Waals surface area contributed by atoms with Crippen molar-refractivity contribution in [1.82, 2.24) is 4.31 Å². The van der Waals surface area contributed by atoms with Crippen molar-refractivity contribution in [1.29, 1.82) is 0 Å². The molecule has 1 aliphatic rings. The summed E-state index contributed by atoms with van der Waals surface area (Å²) in [5.74, 6) is -0.268. The molecule has 0 radical (unpaired) electrons. The van der Waals surface area contributed by atoms with Gasteiger partial charge in [-0.3, -0.25) is 9.59 Å². The Bertz CT molecular complexity index is 1100. The summed E-state index contributed by atoms with van der Waals surface area (Å²) in [7, 11) is -2.25. The van der Waals surface area contributed by atoms with E-state index in [1.54, 1.807) is 42.5 Å². The number of hydrogen-bond acceptors (Lipinski definition) is 5. The van der Waals surface area contributed by atoms with E-state index in [1.807, 2.05) is 0 Å². The van der Waals surface area contributed by atoms with Crippen molar-refractivity contribution in [2.45, 2.75) is 31.1 Å². The van der Waals surface area contributed by atoms with Crippen LogP contribution < -0.4 is 15.4 Å². The lowest BCUT2D eigenvalue weighted by Gasteiger charge is -2.26. The van der Waals surface area contributed by atoms with Gasteiger partial charge in [-0.15, -0.1) is 0 Å². The van der Waals surface area contributed by atoms with Crippen LogP contribution in [0, 0.1) is 0 Å². The number of anilines is 2. The summed E-state index contributed by atoms with van der Waals surface area (Å²) in [6.07, 6.45) is 5.59. The Hall–Kier alpha value is -3.17. The molecule has 1 aliphatic heterocycles. The Balaban J connectivity index is 1.73. The maximum absolute atomic E-state index is 13.1. The fourth-order valence-electron chi connectivity index (χ4n) is 3.44. The molecule has 170 valence electrons. The molecule has 2 aromatic carbocycles. The summed E-state index contributed by atoms with van der Waals surface area (Å²) in [5.41, 5.74) is 1.76. The van der Waals surface area contributed by atoms with Crippen molar-refractivity contribution in [2.24, 2.45) is 0 Å². The molecule has 3 rings (SSSR count). The third kappa shape index (κ3) is 5.95. The molecule has 1 heterocycles. The van der Waals surface area contributed by atoms with Crippen LogP contribution in [0.25, 0.3) is 6.08 Å². The van der Waals surface area contributed by atoms with Gasteiger partial charge in [0, 0.05) is 37.5 Å². The molecule has 9 heteroatoms. The van der Waals surface area contributed by atoms with Gasteiger partial charge in [0.15, 0.2) is 0 Å². The Morgan fingerprint density at radius 2 is 1.59 bits per heavy atom. The maximum Gasteiger partial charge on any atom is 0.248 e. The van der Waals surface area contributed by atoms with Crippen LogP contribution in [0.1, 0.15) is 31.7 Å². The number of hydrogen-bond donors (Lipinski definition) is 2. The summed E-state index contributed by atoms with van der Waals surface area (Å²) in [5, 5.41) is 5.38. The minimum absolute atomic E-state index is 0.0954. The van der Waals surface area contributed by atoms with E-state index in [0.717, 1.165) is 19.3 Å². The monoisotopic (exact) mass is 457 g/mol. The van der Waals surface area contributed by atoms with Gasteiger partial charge in [-0.2, -0.15) is 4.31 Å². The minimum atomic E-state index is -3.68. The van der Waals surface area contributed by atoms with Gasteiger partial charge in [0.2, 0.25) is 21.8 Å². The van der Waals surface area contributed by atoms with E-state index in [0.29, 0.717) is 30.0 Å². The zero-order valence-electron chi connectivity index (χ0n) is 18.1. The van der Waals surface area contributed by atoms with Crippen molar-refractivity contribution in [2.75, 3.05) is 30.8 Å². The molecular formula is C23H27N3O5S. The second-order valence-corrected chi connectivity index (χ2v) is 9.36. The molecular weight excluding hydrogens is 430 g/mol. The Labute approximate surface area is 188 Å². The van der Waals surface area contributed by atoms with Gasteiger partial charge >= 0.3 is 0 Å². The summed E-state index contributed by atoms with van der Waals surface area (Å²) in [6, 6.07) is 11.5. The lowest BCUT2D eigenvalue weighted by Crippen LogP contribution is -2.35. The molecule has 0 aromatic heterocycles. The van der Waals surface area contributed by atoms with Crippen LogP contribution in [0.15, 0.2) is 53.4 Å². The first-order valence-electron chi connectivity index (χ1n) is 10.3. The molecule has 1 fully saturated rings. The minimum Gasteiger partial charge on any atom is -0.495 e. The molecule has 0 atom stereocenters. The van der Waals surface area contributed by atoms with Gasteiger partial charge < -0.3 is 15.4 Å². The number of nitrogens with zero attached hydrogens (tertiary/aromatic N) is 1. The standard InChI is InChI=1S/C23H27N3O5S/c1-17(27)24-19-8-10-20(11-9-19)25-23(28)13-7-18-6-12-21(31-2)22(16-18)32(29,30)26-14-4-3-5-15-26/h6-13,16H,3-5,14-15H2,1-2H3,(H,24,27)(H,25,28)/b13-7+. The number of ether oxygens (including phenoxy) is 1. The number of methoxy groups -OCH3 is 1. The first kappa shape index (κ1) is 23.5. The first-order valence-corrected chi connectivity index (χ1v) is 11.8.